The third-order valence-corrected chi connectivity index (χ3v) is 5.30. The summed E-state index contributed by atoms with van der Waals surface area (Å²) in [7, 11) is 0. The lowest BCUT2D eigenvalue weighted by Gasteiger charge is -2.27. The van der Waals surface area contributed by atoms with Crippen molar-refractivity contribution in [2.24, 2.45) is 22.2 Å². The standard InChI is InChI=1S/C19H37N7O7S/c1-9(27)13(17(31)26-14(10(2)28)18(32)33)25-16(30)12(6-8-34-3)24-15(29)11(20)5-4-7-23-19(21)22/h9-14,27-28H,4-8,20H2,1-3H3,(H,24,29)(H,25,30)(H,26,31)(H,32,33)(H4,21,22,23). The van der Waals surface area contributed by atoms with Crippen LogP contribution in [-0.4, -0.2) is 99.9 Å². The molecular formula is C19H37N7O7S. The fraction of sp³-hybridized carbons (Fsp3) is 0.737. The monoisotopic (exact) mass is 507 g/mol. The number of rotatable bonds is 16. The van der Waals surface area contributed by atoms with Crippen molar-refractivity contribution in [2.45, 2.75) is 69.5 Å². The van der Waals surface area contributed by atoms with Crippen LogP contribution in [0.25, 0.3) is 0 Å². The lowest BCUT2D eigenvalue weighted by Crippen LogP contribution is -2.61. The van der Waals surface area contributed by atoms with Gasteiger partial charge in [-0.1, -0.05) is 0 Å². The summed E-state index contributed by atoms with van der Waals surface area (Å²) in [4.78, 5) is 52.8. The molecule has 0 aliphatic rings. The van der Waals surface area contributed by atoms with E-state index in [-0.39, 0.29) is 25.3 Å². The quantitative estimate of drug-likeness (QED) is 0.0560. The van der Waals surface area contributed by atoms with Gasteiger partial charge in [-0.05, 0) is 45.1 Å². The molecule has 0 heterocycles. The van der Waals surface area contributed by atoms with Crippen LogP contribution in [0.4, 0.5) is 0 Å². The van der Waals surface area contributed by atoms with Crippen LogP contribution < -0.4 is 33.2 Å². The lowest BCUT2D eigenvalue weighted by atomic mass is 10.1. The van der Waals surface area contributed by atoms with E-state index < -0.39 is 60.1 Å². The molecule has 0 fully saturated rings. The second-order valence-electron chi connectivity index (χ2n) is 7.69. The van der Waals surface area contributed by atoms with Crippen LogP contribution in [0, 0.1) is 0 Å². The van der Waals surface area contributed by atoms with E-state index in [9.17, 15) is 29.4 Å². The number of carbonyl (C=O) groups excluding carboxylic acids is 3. The van der Waals surface area contributed by atoms with E-state index in [2.05, 4.69) is 20.9 Å². The lowest BCUT2D eigenvalue weighted by molar-refractivity contribution is -0.146. The first-order valence-electron chi connectivity index (χ1n) is 10.6. The fourth-order valence-corrected chi connectivity index (χ4v) is 3.20. The van der Waals surface area contributed by atoms with Gasteiger partial charge in [-0.2, -0.15) is 11.8 Å². The van der Waals surface area contributed by atoms with Crippen molar-refractivity contribution in [2.75, 3.05) is 18.6 Å². The Balaban J connectivity index is 5.27. The molecule has 0 radical (unpaired) electrons. The van der Waals surface area contributed by atoms with Gasteiger partial charge in [-0.15, -0.1) is 0 Å². The second-order valence-corrected chi connectivity index (χ2v) is 8.68. The summed E-state index contributed by atoms with van der Waals surface area (Å²) in [5.74, 6) is -3.44. The second kappa shape index (κ2) is 16.1. The summed E-state index contributed by atoms with van der Waals surface area (Å²) in [6, 6.07) is -5.17. The van der Waals surface area contributed by atoms with Gasteiger partial charge in [-0.25, -0.2) is 4.79 Å². The summed E-state index contributed by atoms with van der Waals surface area (Å²) >= 11 is 1.43. The molecule has 0 spiro atoms. The number of hydrogen-bond acceptors (Lipinski definition) is 9. The molecule has 34 heavy (non-hydrogen) atoms. The van der Waals surface area contributed by atoms with Crippen LogP contribution in [0.15, 0.2) is 4.99 Å². The highest BCUT2D eigenvalue weighted by molar-refractivity contribution is 7.98. The molecule has 0 bridgehead atoms. The molecule has 3 amide bonds. The Morgan fingerprint density at radius 1 is 0.912 bits per heavy atom. The maximum absolute atomic E-state index is 12.8. The largest absolute Gasteiger partial charge is 0.480 e. The van der Waals surface area contributed by atoms with E-state index in [1.165, 1.54) is 25.6 Å². The Kier molecular flexibility index (Phi) is 14.8. The highest BCUT2D eigenvalue weighted by Gasteiger charge is 2.33. The minimum absolute atomic E-state index is 0.0772. The summed E-state index contributed by atoms with van der Waals surface area (Å²) in [6.45, 7) is 2.68. The Bertz CT molecular complexity index is 717. The molecule has 15 heteroatoms. The van der Waals surface area contributed by atoms with Crippen molar-refractivity contribution >= 4 is 41.4 Å². The zero-order chi connectivity index (χ0) is 26.4. The number of amides is 3. The highest BCUT2D eigenvalue weighted by atomic mass is 32.2. The van der Waals surface area contributed by atoms with Crippen molar-refractivity contribution in [3.05, 3.63) is 0 Å². The first-order chi connectivity index (χ1) is 15.8. The molecule has 0 saturated carbocycles. The van der Waals surface area contributed by atoms with Crippen molar-refractivity contribution < 1.29 is 34.5 Å². The molecule has 0 aromatic carbocycles. The third-order valence-electron chi connectivity index (χ3n) is 4.66. The van der Waals surface area contributed by atoms with Crippen molar-refractivity contribution in [1.29, 1.82) is 0 Å². The van der Waals surface area contributed by atoms with Gasteiger partial charge in [0.25, 0.3) is 0 Å². The third kappa shape index (κ3) is 12.0. The van der Waals surface area contributed by atoms with Crippen LogP contribution in [0.2, 0.25) is 0 Å². The predicted molar refractivity (Wildman–Crippen MR) is 128 cm³/mol. The Hall–Kier alpha value is -2.62. The zero-order valence-corrected chi connectivity index (χ0v) is 20.4. The molecule has 0 aliphatic heterocycles. The number of aliphatic hydroxyl groups is 2. The van der Waals surface area contributed by atoms with E-state index >= 15 is 0 Å². The highest BCUT2D eigenvalue weighted by Crippen LogP contribution is 2.05. The zero-order valence-electron chi connectivity index (χ0n) is 19.6. The van der Waals surface area contributed by atoms with Gasteiger partial charge in [0.2, 0.25) is 17.7 Å². The smallest absolute Gasteiger partial charge is 0.328 e. The molecular weight excluding hydrogens is 470 g/mol. The van der Waals surface area contributed by atoms with Crippen molar-refractivity contribution in [3.8, 4) is 0 Å². The van der Waals surface area contributed by atoms with E-state index in [1.807, 2.05) is 0 Å². The number of carboxylic acid groups (broad SMARTS) is 1. The fourth-order valence-electron chi connectivity index (χ4n) is 2.72. The van der Waals surface area contributed by atoms with Gasteiger partial charge >= 0.3 is 5.97 Å². The van der Waals surface area contributed by atoms with Gasteiger partial charge in [0.15, 0.2) is 12.0 Å². The number of aliphatic imine (C=N–C) groups is 1. The molecule has 6 atom stereocenters. The number of thioether (sulfide) groups is 1. The Morgan fingerprint density at radius 3 is 1.94 bits per heavy atom. The summed E-state index contributed by atoms with van der Waals surface area (Å²) < 4.78 is 0. The van der Waals surface area contributed by atoms with Crippen LogP contribution in [0.3, 0.4) is 0 Å². The van der Waals surface area contributed by atoms with Gasteiger partial charge in [0.05, 0.1) is 18.2 Å². The van der Waals surface area contributed by atoms with E-state index in [1.54, 1.807) is 6.26 Å². The molecule has 0 aromatic rings. The van der Waals surface area contributed by atoms with Gasteiger partial charge in [0, 0.05) is 6.54 Å². The van der Waals surface area contributed by atoms with Crippen molar-refractivity contribution in [3.63, 3.8) is 0 Å². The normalized spacial score (nSPS) is 16.2. The molecule has 0 aromatic heterocycles. The van der Waals surface area contributed by atoms with Gasteiger partial charge in [-0.3, -0.25) is 19.4 Å². The Morgan fingerprint density at radius 2 is 1.47 bits per heavy atom. The maximum atomic E-state index is 12.8. The number of aliphatic carboxylic acids is 1. The van der Waals surface area contributed by atoms with Crippen LogP contribution in [0.1, 0.15) is 33.1 Å². The molecule has 0 aliphatic carbocycles. The minimum atomic E-state index is -1.64. The van der Waals surface area contributed by atoms with E-state index in [4.69, 9.17) is 22.3 Å². The molecule has 14 nitrogen and oxygen atoms in total. The maximum Gasteiger partial charge on any atom is 0.328 e. The number of hydrogen-bond donors (Lipinski definition) is 9. The topological polar surface area (TPSA) is 255 Å². The first kappa shape index (κ1) is 31.4. The number of nitrogens with two attached hydrogens (primary N) is 3. The van der Waals surface area contributed by atoms with Gasteiger partial charge in [0.1, 0.15) is 12.1 Å². The minimum Gasteiger partial charge on any atom is -0.480 e. The average molecular weight is 508 g/mol. The predicted octanol–water partition coefficient (Wildman–Crippen LogP) is -3.58. The number of nitrogens with zero attached hydrogens (tertiary/aromatic N) is 1. The van der Waals surface area contributed by atoms with E-state index in [0.717, 1.165) is 0 Å². The molecule has 196 valence electrons. The summed E-state index contributed by atoms with van der Waals surface area (Å²) in [5, 5.41) is 35.6. The average Bonchev–Trinajstić information content (AvgIpc) is 2.74. The van der Waals surface area contributed by atoms with Gasteiger partial charge < -0.3 is 48.5 Å². The van der Waals surface area contributed by atoms with Crippen LogP contribution >= 0.6 is 11.8 Å². The summed E-state index contributed by atoms with van der Waals surface area (Å²) in [5.41, 5.74) is 16.3. The number of carboxylic acids is 1. The molecule has 0 rings (SSSR count). The SMILES string of the molecule is CSCCC(NC(=O)C(N)CCCN=C(N)N)C(=O)NC(C(=O)NC(C(=O)O)C(C)O)C(C)O. The number of carbonyl (C=O) groups is 4. The van der Waals surface area contributed by atoms with Crippen molar-refractivity contribution in [1.82, 2.24) is 16.0 Å². The number of aliphatic hydroxyl groups excluding tert-OH is 2. The summed E-state index contributed by atoms with van der Waals surface area (Å²) in [6.07, 6.45) is -0.115. The Labute approximate surface area is 202 Å². The molecule has 6 unspecified atom stereocenters. The van der Waals surface area contributed by atoms with E-state index in [0.29, 0.717) is 12.2 Å². The molecule has 0 saturated heterocycles. The first-order valence-corrected chi connectivity index (χ1v) is 12.0. The number of nitrogens with one attached hydrogen (secondary N) is 3. The van der Waals surface area contributed by atoms with Crippen LogP contribution in [0.5, 0.6) is 0 Å². The number of guanidine groups is 1. The van der Waals surface area contributed by atoms with Crippen LogP contribution in [-0.2, 0) is 19.2 Å². The molecule has 12 N–H and O–H groups in total.